The van der Waals surface area contributed by atoms with Gasteiger partial charge in [0.2, 0.25) is 0 Å². The summed E-state index contributed by atoms with van der Waals surface area (Å²) in [4.78, 5) is 0. The van der Waals surface area contributed by atoms with Crippen molar-refractivity contribution < 1.29 is 13.5 Å². The van der Waals surface area contributed by atoms with E-state index in [1.807, 2.05) is 50.4 Å². The number of alkyl halides is 2. The van der Waals surface area contributed by atoms with Crippen LogP contribution in [-0.2, 0) is 16.8 Å². The Hall–Kier alpha value is -3.26. The number of nitrogens with zero attached hydrogens (tertiary/aromatic N) is 4. The van der Waals surface area contributed by atoms with Crippen molar-refractivity contribution in [2.75, 3.05) is 19.0 Å². The van der Waals surface area contributed by atoms with E-state index in [0.717, 1.165) is 16.5 Å². The minimum atomic E-state index is -2.68. The number of hydrogen-bond acceptors (Lipinski definition) is 4. The number of benzene rings is 2. The van der Waals surface area contributed by atoms with Crippen LogP contribution >= 0.6 is 0 Å². The Morgan fingerprint density at radius 2 is 1.91 bits per heavy atom. The number of ether oxygens (including phenoxy) is 1. The minimum absolute atomic E-state index is 0.0215. The van der Waals surface area contributed by atoms with Crippen LogP contribution in [0.2, 0.25) is 0 Å². The molecule has 2 aromatic carbocycles. The first-order valence-corrected chi connectivity index (χ1v) is 10.6. The Balaban J connectivity index is 1.77. The van der Waals surface area contributed by atoms with Gasteiger partial charge in [0.05, 0.1) is 29.1 Å². The van der Waals surface area contributed by atoms with Crippen LogP contribution in [0.5, 0.6) is 0 Å². The largest absolute Gasteiger partial charge is 0.383 e. The van der Waals surface area contributed by atoms with Gasteiger partial charge in [-0.05, 0) is 50.1 Å². The minimum Gasteiger partial charge on any atom is -0.383 e. The first-order chi connectivity index (χ1) is 15.3. The van der Waals surface area contributed by atoms with E-state index in [1.54, 1.807) is 24.7 Å². The third-order valence-electron chi connectivity index (χ3n) is 6.13. The predicted octanol–water partition coefficient (Wildman–Crippen LogP) is 5.44. The first kappa shape index (κ1) is 20.6. The third-order valence-corrected chi connectivity index (χ3v) is 6.13. The zero-order valence-electron chi connectivity index (χ0n) is 18.5. The monoisotopic (exact) mass is 437 g/mol. The first-order valence-electron chi connectivity index (χ1n) is 10.6. The van der Waals surface area contributed by atoms with Gasteiger partial charge in [-0.25, -0.2) is 8.78 Å². The summed E-state index contributed by atoms with van der Waals surface area (Å²) in [5.74, 6) is 1.20. The van der Waals surface area contributed by atoms with Gasteiger partial charge in [0.25, 0.3) is 6.43 Å². The fourth-order valence-electron chi connectivity index (χ4n) is 4.68. The van der Waals surface area contributed by atoms with Crippen molar-refractivity contribution in [3.05, 3.63) is 59.8 Å². The van der Waals surface area contributed by atoms with Crippen LogP contribution in [-0.4, -0.2) is 33.0 Å². The van der Waals surface area contributed by atoms with Crippen molar-refractivity contribution in [2.45, 2.75) is 39.3 Å². The Morgan fingerprint density at radius 1 is 1.09 bits per heavy atom. The molecule has 1 aliphatic heterocycles. The molecule has 166 valence electrons. The molecule has 0 fully saturated rings. The Bertz CT molecular complexity index is 1320. The van der Waals surface area contributed by atoms with Crippen molar-refractivity contribution in [3.63, 3.8) is 0 Å². The van der Waals surface area contributed by atoms with Crippen LogP contribution in [0.15, 0.2) is 42.6 Å². The van der Waals surface area contributed by atoms with E-state index < -0.39 is 12.0 Å². The fraction of sp³-hybridized carbons (Fsp3) is 0.333. The summed E-state index contributed by atoms with van der Waals surface area (Å²) in [6.07, 6.45) is -0.705. The molecule has 0 bridgehead atoms. The molecule has 0 saturated heterocycles. The van der Waals surface area contributed by atoms with E-state index in [0.29, 0.717) is 41.7 Å². The van der Waals surface area contributed by atoms with Gasteiger partial charge >= 0.3 is 0 Å². The second-order valence-electron chi connectivity index (χ2n) is 8.62. The molecule has 0 saturated carbocycles. The summed E-state index contributed by atoms with van der Waals surface area (Å²) >= 11 is 0. The van der Waals surface area contributed by atoms with Crippen molar-refractivity contribution in [3.8, 4) is 16.8 Å². The maximum Gasteiger partial charge on any atom is 0.266 e. The van der Waals surface area contributed by atoms with Crippen LogP contribution in [0.1, 0.15) is 37.5 Å². The zero-order valence-corrected chi connectivity index (χ0v) is 18.5. The van der Waals surface area contributed by atoms with Crippen molar-refractivity contribution >= 4 is 16.6 Å². The number of rotatable bonds is 5. The number of aryl methyl sites for hydroxylation is 1. The van der Waals surface area contributed by atoms with E-state index in [4.69, 9.17) is 4.74 Å². The number of nitrogens with one attached hydrogen (secondary N) is 1. The van der Waals surface area contributed by atoms with Gasteiger partial charge < -0.3 is 14.6 Å². The Kier molecular flexibility index (Phi) is 4.78. The average Bonchev–Trinajstić information content (AvgIpc) is 3.35. The summed E-state index contributed by atoms with van der Waals surface area (Å²) < 4.78 is 38.4. The summed E-state index contributed by atoms with van der Waals surface area (Å²) in [6, 6.07) is 11.5. The lowest BCUT2D eigenvalue weighted by Crippen LogP contribution is -2.36. The number of anilines is 1. The smallest absolute Gasteiger partial charge is 0.266 e. The number of hydrogen-bond donors (Lipinski definition) is 1. The zero-order chi connectivity index (χ0) is 22.6. The SMILES string of the molecule is COCCn1ccc2c(-c3ccc4c(c3C(F)F)-n3c(C)nnc3C(C)(C)N4)cccc21. The second-order valence-corrected chi connectivity index (χ2v) is 8.62. The Morgan fingerprint density at radius 3 is 2.66 bits per heavy atom. The molecule has 0 unspecified atom stereocenters. The van der Waals surface area contributed by atoms with E-state index in [9.17, 15) is 8.78 Å². The third kappa shape index (κ3) is 3.01. The molecule has 0 radical (unpaired) electrons. The highest BCUT2D eigenvalue weighted by Crippen LogP contribution is 2.46. The molecule has 2 aromatic heterocycles. The summed E-state index contributed by atoms with van der Waals surface area (Å²) in [5.41, 5.74) is 2.78. The molecule has 0 aliphatic carbocycles. The van der Waals surface area contributed by atoms with Gasteiger partial charge in [0.1, 0.15) is 5.82 Å². The summed E-state index contributed by atoms with van der Waals surface area (Å²) in [5, 5.41) is 12.8. The second kappa shape index (κ2) is 7.41. The quantitative estimate of drug-likeness (QED) is 0.452. The molecule has 6 nitrogen and oxygen atoms in total. The molecule has 0 spiro atoms. The fourth-order valence-corrected chi connectivity index (χ4v) is 4.68. The molecular formula is C24H25F2N5O. The normalized spacial score (nSPS) is 14.5. The molecule has 4 aromatic rings. The number of aromatic nitrogens is 4. The lowest BCUT2D eigenvalue weighted by atomic mass is 9.92. The van der Waals surface area contributed by atoms with Crippen LogP contribution < -0.4 is 5.32 Å². The highest BCUT2D eigenvalue weighted by molar-refractivity contribution is 5.97. The molecule has 0 amide bonds. The van der Waals surface area contributed by atoms with Gasteiger partial charge in [-0.1, -0.05) is 18.2 Å². The molecule has 1 aliphatic rings. The van der Waals surface area contributed by atoms with Gasteiger partial charge in [0, 0.05) is 30.8 Å². The highest BCUT2D eigenvalue weighted by Gasteiger charge is 2.37. The van der Waals surface area contributed by atoms with Crippen LogP contribution in [0.25, 0.3) is 27.7 Å². The van der Waals surface area contributed by atoms with Crippen molar-refractivity contribution in [2.24, 2.45) is 0 Å². The highest BCUT2D eigenvalue weighted by atomic mass is 19.3. The van der Waals surface area contributed by atoms with Crippen LogP contribution in [0, 0.1) is 6.92 Å². The standard InChI is InChI=1S/C24H25F2N5O/c1-14-28-29-23-24(2,3)27-18-9-8-17(20(22(25)26)21(18)31(14)23)15-6-5-7-19-16(15)10-11-30(19)12-13-32-4/h5-11,22,27H,12-13H2,1-4H3. The van der Waals surface area contributed by atoms with Crippen LogP contribution in [0.4, 0.5) is 14.5 Å². The summed E-state index contributed by atoms with van der Waals surface area (Å²) in [6.45, 7) is 6.99. The lowest BCUT2D eigenvalue weighted by Gasteiger charge is -2.35. The molecular weight excluding hydrogens is 412 g/mol. The lowest BCUT2D eigenvalue weighted by molar-refractivity contribution is 0.151. The molecule has 0 atom stereocenters. The van der Waals surface area contributed by atoms with Crippen molar-refractivity contribution in [1.82, 2.24) is 19.3 Å². The molecule has 32 heavy (non-hydrogen) atoms. The number of methoxy groups -OCH3 is 1. The number of fused-ring (bicyclic) bond motifs is 4. The maximum absolute atomic E-state index is 14.7. The van der Waals surface area contributed by atoms with E-state index >= 15 is 0 Å². The van der Waals surface area contributed by atoms with Crippen molar-refractivity contribution in [1.29, 1.82) is 0 Å². The van der Waals surface area contributed by atoms with Gasteiger partial charge in [0.15, 0.2) is 5.82 Å². The predicted molar refractivity (Wildman–Crippen MR) is 121 cm³/mol. The van der Waals surface area contributed by atoms with Gasteiger partial charge in [-0.2, -0.15) is 0 Å². The molecule has 3 heterocycles. The summed E-state index contributed by atoms with van der Waals surface area (Å²) in [7, 11) is 1.66. The number of halogens is 2. The van der Waals surface area contributed by atoms with Gasteiger partial charge in [-0.15, -0.1) is 10.2 Å². The van der Waals surface area contributed by atoms with E-state index in [1.165, 1.54) is 0 Å². The molecule has 1 N–H and O–H groups in total. The molecule has 5 rings (SSSR count). The molecule has 8 heteroatoms. The van der Waals surface area contributed by atoms with E-state index in [-0.39, 0.29) is 5.56 Å². The van der Waals surface area contributed by atoms with Gasteiger partial charge in [-0.3, -0.25) is 4.57 Å². The topological polar surface area (TPSA) is 56.9 Å². The maximum atomic E-state index is 14.7. The average molecular weight is 437 g/mol. The van der Waals surface area contributed by atoms with Crippen LogP contribution in [0.3, 0.4) is 0 Å². The van der Waals surface area contributed by atoms with E-state index in [2.05, 4.69) is 20.1 Å². The Labute approximate surface area is 184 Å².